The summed E-state index contributed by atoms with van der Waals surface area (Å²) in [4.78, 5) is 45.4. The van der Waals surface area contributed by atoms with Gasteiger partial charge in [0.25, 0.3) is 0 Å². The van der Waals surface area contributed by atoms with E-state index < -0.39 is 29.9 Å². The molecule has 8 nitrogen and oxygen atoms in total. The van der Waals surface area contributed by atoms with Crippen LogP contribution in [0.25, 0.3) is 0 Å². The van der Waals surface area contributed by atoms with Gasteiger partial charge in [-0.1, -0.05) is 13.3 Å². The molecule has 0 saturated carbocycles. The van der Waals surface area contributed by atoms with Crippen LogP contribution in [0.1, 0.15) is 19.8 Å². The van der Waals surface area contributed by atoms with Crippen LogP contribution in [0.15, 0.2) is 0 Å². The summed E-state index contributed by atoms with van der Waals surface area (Å²) in [6.45, 7) is 1.29. The standard InChI is InChI=1S/C10H15N3O5/c1-2-3-6(9(16)17)11-7(14)4-13-5-8(15)12-10(13)18/h6H,2-5H2,1H3,(H,11,14)(H,16,17)(H,12,15,18). The summed E-state index contributed by atoms with van der Waals surface area (Å²) in [7, 11) is 0. The molecule has 3 N–H and O–H groups in total. The minimum atomic E-state index is -1.12. The lowest BCUT2D eigenvalue weighted by Crippen LogP contribution is -2.46. The molecule has 1 unspecified atom stereocenters. The highest BCUT2D eigenvalue weighted by atomic mass is 16.4. The number of carbonyl (C=O) groups excluding carboxylic acids is 3. The Balaban J connectivity index is 2.47. The number of aliphatic carboxylic acids is 1. The highest BCUT2D eigenvalue weighted by Crippen LogP contribution is 2.00. The molecule has 0 radical (unpaired) electrons. The van der Waals surface area contributed by atoms with Crippen LogP contribution < -0.4 is 10.6 Å². The van der Waals surface area contributed by atoms with Gasteiger partial charge in [0.2, 0.25) is 11.8 Å². The van der Waals surface area contributed by atoms with Crippen molar-refractivity contribution in [3.8, 4) is 0 Å². The van der Waals surface area contributed by atoms with Crippen molar-refractivity contribution in [2.24, 2.45) is 0 Å². The van der Waals surface area contributed by atoms with Crippen LogP contribution >= 0.6 is 0 Å². The highest BCUT2D eigenvalue weighted by molar-refractivity contribution is 6.03. The fourth-order valence-electron chi connectivity index (χ4n) is 1.57. The molecule has 0 aromatic rings. The minimum absolute atomic E-state index is 0.183. The maximum Gasteiger partial charge on any atom is 0.326 e. The summed E-state index contributed by atoms with van der Waals surface area (Å²) in [6.07, 6.45) is 0.923. The molecule has 1 aliphatic rings. The van der Waals surface area contributed by atoms with E-state index in [9.17, 15) is 19.2 Å². The predicted octanol–water partition coefficient (Wildman–Crippen LogP) is -1.09. The fourth-order valence-corrected chi connectivity index (χ4v) is 1.57. The van der Waals surface area contributed by atoms with Crippen LogP contribution in [-0.4, -0.2) is 53.0 Å². The lowest BCUT2D eigenvalue weighted by Gasteiger charge is -2.16. The third-order valence-corrected chi connectivity index (χ3v) is 2.41. The van der Waals surface area contributed by atoms with Gasteiger partial charge >= 0.3 is 12.0 Å². The maximum absolute atomic E-state index is 11.5. The van der Waals surface area contributed by atoms with E-state index in [0.29, 0.717) is 12.8 Å². The molecule has 18 heavy (non-hydrogen) atoms. The fraction of sp³-hybridized carbons (Fsp3) is 0.600. The second-order valence-electron chi connectivity index (χ2n) is 3.96. The van der Waals surface area contributed by atoms with Crippen molar-refractivity contribution in [2.45, 2.75) is 25.8 Å². The molecule has 1 aliphatic heterocycles. The molecule has 1 fully saturated rings. The molecule has 0 aromatic carbocycles. The average Bonchev–Trinajstić information content (AvgIpc) is 2.56. The van der Waals surface area contributed by atoms with Gasteiger partial charge in [-0.15, -0.1) is 0 Å². The predicted molar refractivity (Wildman–Crippen MR) is 59.6 cm³/mol. The quantitative estimate of drug-likeness (QED) is 0.523. The number of rotatable bonds is 6. The van der Waals surface area contributed by atoms with Gasteiger partial charge in [0.1, 0.15) is 19.1 Å². The van der Waals surface area contributed by atoms with Gasteiger partial charge < -0.3 is 15.3 Å². The molecule has 100 valence electrons. The molecular weight excluding hydrogens is 242 g/mol. The van der Waals surface area contributed by atoms with Crippen molar-refractivity contribution in [1.82, 2.24) is 15.5 Å². The van der Waals surface area contributed by atoms with E-state index in [1.807, 2.05) is 5.32 Å². The molecule has 0 spiro atoms. The Bertz CT molecular complexity index is 382. The first-order chi connectivity index (χ1) is 8.43. The topological polar surface area (TPSA) is 116 Å². The maximum atomic E-state index is 11.5. The van der Waals surface area contributed by atoms with Crippen molar-refractivity contribution in [3.63, 3.8) is 0 Å². The number of nitrogens with zero attached hydrogens (tertiary/aromatic N) is 1. The van der Waals surface area contributed by atoms with Crippen molar-refractivity contribution < 1.29 is 24.3 Å². The van der Waals surface area contributed by atoms with E-state index in [4.69, 9.17) is 5.11 Å². The number of imide groups is 1. The summed E-state index contributed by atoms with van der Waals surface area (Å²) in [5.41, 5.74) is 0. The molecule has 1 rings (SSSR count). The second-order valence-corrected chi connectivity index (χ2v) is 3.96. The van der Waals surface area contributed by atoms with Gasteiger partial charge in [0.15, 0.2) is 0 Å². The van der Waals surface area contributed by atoms with Crippen molar-refractivity contribution in [3.05, 3.63) is 0 Å². The molecule has 1 saturated heterocycles. The van der Waals surface area contributed by atoms with E-state index in [0.717, 1.165) is 4.90 Å². The zero-order chi connectivity index (χ0) is 13.7. The van der Waals surface area contributed by atoms with E-state index in [1.165, 1.54) is 0 Å². The number of carboxylic acids is 1. The van der Waals surface area contributed by atoms with Gasteiger partial charge in [-0.05, 0) is 6.42 Å². The first kappa shape index (κ1) is 13.9. The van der Waals surface area contributed by atoms with Crippen molar-refractivity contribution in [2.75, 3.05) is 13.1 Å². The number of amides is 4. The number of hydrogen-bond acceptors (Lipinski definition) is 4. The van der Waals surface area contributed by atoms with Crippen molar-refractivity contribution >= 4 is 23.8 Å². The molecular formula is C10H15N3O5. The minimum Gasteiger partial charge on any atom is -0.480 e. The Morgan fingerprint density at radius 2 is 2.17 bits per heavy atom. The van der Waals surface area contributed by atoms with Crippen LogP contribution in [0.5, 0.6) is 0 Å². The Morgan fingerprint density at radius 3 is 2.61 bits per heavy atom. The summed E-state index contributed by atoms with van der Waals surface area (Å²) in [5, 5.41) is 13.2. The second kappa shape index (κ2) is 5.99. The number of carboxylic acid groups (broad SMARTS) is 1. The zero-order valence-corrected chi connectivity index (χ0v) is 9.93. The first-order valence-electron chi connectivity index (χ1n) is 5.55. The van der Waals surface area contributed by atoms with Crippen LogP contribution in [0, 0.1) is 0 Å². The first-order valence-corrected chi connectivity index (χ1v) is 5.55. The van der Waals surface area contributed by atoms with E-state index in [-0.39, 0.29) is 13.1 Å². The van der Waals surface area contributed by atoms with Gasteiger partial charge in [-0.25, -0.2) is 9.59 Å². The lowest BCUT2D eigenvalue weighted by atomic mass is 10.1. The number of urea groups is 1. The Labute approximate surface area is 103 Å². The Hall–Kier alpha value is -2.12. The van der Waals surface area contributed by atoms with Crippen LogP contribution in [0.4, 0.5) is 4.79 Å². The van der Waals surface area contributed by atoms with E-state index in [1.54, 1.807) is 6.92 Å². The molecule has 1 heterocycles. The highest BCUT2D eigenvalue weighted by Gasteiger charge is 2.29. The third-order valence-electron chi connectivity index (χ3n) is 2.41. The van der Waals surface area contributed by atoms with Crippen LogP contribution in [0.2, 0.25) is 0 Å². The summed E-state index contributed by atoms with van der Waals surface area (Å²) in [6, 6.07) is -1.61. The van der Waals surface area contributed by atoms with E-state index >= 15 is 0 Å². The van der Waals surface area contributed by atoms with E-state index in [2.05, 4.69) is 5.32 Å². The monoisotopic (exact) mass is 257 g/mol. The summed E-state index contributed by atoms with van der Waals surface area (Å²) in [5.74, 6) is -2.19. The SMILES string of the molecule is CCCC(NC(=O)CN1CC(=O)NC1=O)C(=O)O. The normalized spacial score (nSPS) is 16.4. The molecule has 1 atom stereocenters. The smallest absolute Gasteiger partial charge is 0.326 e. The zero-order valence-electron chi connectivity index (χ0n) is 9.93. The number of hydrogen-bond donors (Lipinski definition) is 3. The molecule has 8 heteroatoms. The molecule has 4 amide bonds. The summed E-state index contributed by atoms with van der Waals surface area (Å²) >= 11 is 0. The third kappa shape index (κ3) is 3.72. The van der Waals surface area contributed by atoms with Crippen molar-refractivity contribution in [1.29, 1.82) is 0 Å². The summed E-state index contributed by atoms with van der Waals surface area (Å²) < 4.78 is 0. The lowest BCUT2D eigenvalue weighted by molar-refractivity contribution is -0.142. The molecule has 0 bridgehead atoms. The number of carbonyl (C=O) groups is 4. The largest absolute Gasteiger partial charge is 0.480 e. The van der Waals surface area contributed by atoms with Gasteiger partial charge in [-0.3, -0.25) is 14.9 Å². The Kier molecular flexibility index (Phi) is 4.64. The molecule has 0 aliphatic carbocycles. The van der Waals surface area contributed by atoms with Crippen LogP contribution in [-0.2, 0) is 14.4 Å². The van der Waals surface area contributed by atoms with Gasteiger partial charge in [0, 0.05) is 0 Å². The average molecular weight is 257 g/mol. The number of nitrogens with one attached hydrogen (secondary N) is 2. The van der Waals surface area contributed by atoms with Gasteiger partial charge in [0.05, 0.1) is 0 Å². The van der Waals surface area contributed by atoms with Crippen LogP contribution in [0.3, 0.4) is 0 Å². The van der Waals surface area contributed by atoms with Gasteiger partial charge in [-0.2, -0.15) is 0 Å². The Morgan fingerprint density at radius 1 is 1.50 bits per heavy atom. The molecule has 0 aromatic heterocycles.